The third kappa shape index (κ3) is 5.51. The largest absolute Gasteiger partial charge is 0.357 e. The van der Waals surface area contributed by atoms with E-state index in [2.05, 4.69) is 58.0 Å². The van der Waals surface area contributed by atoms with Crippen LogP contribution in [0.15, 0.2) is 53.8 Å². The monoisotopic (exact) mass is 439 g/mol. The summed E-state index contributed by atoms with van der Waals surface area (Å²) >= 11 is 0. The molecule has 1 aromatic heterocycles. The molecule has 1 aliphatic carbocycles. The molecule has 0 amide bonds. The van der Waals surface area contributed by atoms with Crippen LogP contribution in [-0.2, 0) is 6.54 Å². The van der Waals surface area contributed by atoms with E-state index in [4.69, 9.17) is 0 Å². The zero-order valence-electron chi connectivity index (χ0n) is 14.1. The molecule has 5 nitrogen and oxygen atoms in total. The van der Waals surface area contributed by atoms with Gasteiger partial charge in [-0.05, 0) is 31.4 Å². The van der Waals surface area contributed by atoms with E-state index < -0.39 is 0 Å². The molecule has 1 aromatic carbocycles. The zero-order chi connectivity index (χ0) is 15.9. The van der Waals surface area contributed by atoms with Crippen LogP contribution >= 0.6 is 24.0 Å². The van der Waals surface area contributed by atoms with Crippen molar-refractivity contribution in [3.63, 3.8) is 0 Å². The van der Waals surface area contributed by atoms with Crippen molar-refractivity contribution in [2.75, 3.05) is 13.1 Å². The smallest absolute Gasteiger partial charge is 0.191 e. The van der Waals surface area contributed by atoms with E-state index in [1.165, 1.54) is 12.0 Å². The zero-order valence-corrected chi connectivity index (χ0v) is 16.4. The standard InChI is InChI=1S/C18H25N5.HI/c1-2-19-18(20-10-6-12-23-13-7-11-21-23)22-17-14-16(17)15-8-4-3-5-9-15;/h3-5,7-9,11,13,16-17H,2,6,10,12,14H2,1H3,(H2,19,20,22);1H. The van der Waals surface area contributed by atoms with E-state index in [9.17, 15) is 0 Å². The fourth-order valence-electron chi connectivity index (χ4n) is 2.78. The van der Waals surface area contributed by atoms with Crippen LogP contribution in [0.25, 0.3) is 0 Å². The molecule has 1 fully saturated rings. The van der Waals surface area contributed by atoms with Crippen LogP contribution in [0.3, 0.4) is 0 Å². The second kappa shape index (κ2) is 9.66. The SMILES string of the molecule is CCNC(=NCCCn1cccn1)NC1CC1c1ccccc1.I. The van der Waals surface area contributed by atoms with E-state index in [1.54, 1.807) is 0 Å². The van der Waals surface area contributed by atoms with Gasteiger partial charge in [0, 0.05) is 44.0 Å². The summed E-state index contributed by atoms with van der Waals surface area (Å²) in [5.41, 5.74) is 1.42. The lowest BCUT2D eigenvalue weighted by atomic mass is 10.1. The highest BCUT2D eigenvalue weighted by molar-refractivity contribution is 14.0. The van der Waals surface area contributed by atoms with Crippen LogP contribution in [0.1, 0.15) is 31.2 Å². The summed E-state index contributed by atoms with van der Waals surface area (Å²) in [7, 11) is 0. The fraction of sp³-hybridized carbons (Fsp3) is 0.444. The number of nitrogens with zero attached hydrogens (tertiary/aromatic N) is 3. The number of aliphatic imine (C=N–C) groups is 1. The molecule has 0 aliphatic heterocycles. The lowest BCUT2D eigenvalue weighted by molar-refractivity contribution is 0.583. The molecule has 1 saturated carbocycles. The first kappa shape index (κ1) is 18.8. The van der Waals surface area contributed by atoms with E-state index in [0.29, 0.717) is 12.0 Å². The molecule has 2 atom stereocenters. The summed E-state index contributed by atoms with van der Waals surface area (Å²) in [4.78, 5) is 4.67. The quantitative estimate of drug-likeness (QED) is 0.302. The Morgan fingerprint density at radius 1 is 1.29 bits per heavy atom. The van der Waals surface area contributed by atoms with Gasteiger partial charge >= 0.3 is 0 Å². The van der Waals surface area contributed by atoms with Gasteiger partial charge in [0.2, 0.25) is 0 Å². The molecular formula is C18H26IN5. The first-order chi connectivity index (χ1) is 11.4. The molecule has 130 valence electrons. The maximum Gasteiger partial charge on any atom is 0.191 e. The molecule has 2 unspecified atom stereocenters. The highest BCUT2D eigenvalue weighted by Gasteiger charge is 2.38. The van der Waals surface area contributed by atoms with Gasteiger partial charge in [-0.15, -0.1) is 24.0 Å². The molecule has 1 aliphatic rings. The molecule has 0 radical (unpaired) electrons. The van der Waals surface area contributed by atoms with Crippen molar-refractivity contribution in [2.45, 2.75) is 38.3 Å². The number of aromatic nitrogens is 2. The highest BCUT2D eigenvalue weighted by atomic mass is 127. The topological polar surface area (TPSA) is 54.2 Å². The van der Waals surface area contributed by atoms with Crippen molar-refractivity contribution in [2.24, 2.45) is 4.99 Å². The van der Waals surface area contributed by atoms with E-state index in [-0.39, 0.29) is 24.0 Å². The Morgan fingerprint density at radius 2 is 2.12 bits per heavy atom. The van der Waals surface area contributed by atoms with Crippen molar-refractivity contribution in [3.05, 3.63) is 54.4 Å². The average molecular weight is 439 g/mol. The summed E-state index contributed by atoms with van der Waals surface area (Å²) < 4.78 is 1.95. The van der Waals surface area contributed by atoms with Gasteiger partial charge in [0.05, 0.1) is 0 Å². The van der Waals surface area contributed by atoms with E-state index in [0.717, 1.165) is 32.0 Å². The Balaban J connectivity index is 0.00000208. The molecule has 0 spiro atoms. The van der Waals surface area contributed by atoms with Gasteiger partial charge in [-0.3, -0.25) is 9.67 Å². The number of benzene rings is 1. The maximum atomic E-state index is 4.67. The van der Waals surface area contributed by atoms with Crippen LogP contribution in [0.5, 0.6) is 0 Å². The van der Waals surface area contributed by atoms with Gasteiger partial charge in [-0.2, -0.15) is 5.10 Å². The van der Waals surface area contributed by atoms with Gasteiger partial charge in [0.1, 0.15) is 0 Å². The van der Waals surface area contributed by atoms with E-state index >= 15 is 0 Å². The molecule has 6 heteroatoms. The van der Waals surface area contributed by atoms with Gasteiger partial charge in [-0.25, -0.2) is 0 Å². The number of halogens is 1. The first-order valence-electron chi connectivity index (χ1n) is 8.44. The molecule has 2 N–H and O–H groups in total. The lowest BCUT2D eigenvalue weighted by Crippen LogP contribution is -2.39. The van der Waals surface area contributed by atoms with Crippen molar-refractivity contribution in [1.29, 1.82) is 0 Å². The van der Waals surface area contributed by atoms with Gasteiger partial charge in [0.15, 0.2) is 5.96 Å². The van der Waals surface area contributed by atoms with Crippen LogP contribution in [0.4, 0.5) is 0 Å². The molecule has 0 saturated heterocycles. The number of guanidine groups is 1. The number of hydrogen-bond donors (Lipinski definition) is 2. The molecule has 3 rings (SSSR count). The first-order valence-corrected chi connectivity index (χ1v) is 8.44. The third-order valence-electron chi connectivity index (χ3n) is 4.06. The van der Waals surface area contributed by atoms with Crippen molar-refractivity contribution >= 4 is 29.9 Å². The Hall–Kier alpha value is -1.57. The highest BCUT2D eigenvalue weighted by Crippen LogP contribution is 2.40. The lowest BCUT2D eigenvalue weighted by Gasteiger charge is -2.11. The summed E-state index contributed by atoms with van der Waals surface area (Å²) in [6.45, 7) is 4.69. The van der Waals surface area contributed by atoms with Crippen LogP contribution in [0, 0.1) is 0 Å². The normalized spacial score (nSPS) is 19.5. The second-order valence-corrected chi connectivity index (χ2v) is 5.89. The predicted octanol–water partition coefficient (Wildman–Crippen LogP) is 3.00. The molecule has 0 bridgehead atoms. The number of hydrogen-bond acceptors (Lipinski definition) is 2. The Kier molecular flexibility index (Phi) is 7.55. The second-order valence-electron chi connectivity index (χ2n) is 5.89. The molecule has 2 aromatic rings. The maximum absolute atomic E-state index is 4.67. The van der Waals surface area contributed by atoms with Crippen LogP contribution < -0.4 is 10.6 Å². The minimum atomic E-state index is 0. The summed E-state index contributed by atoms with van der Waals surface area (Å²) in [5, 5.41) is 11.1. The molecular weight excluding hydrogens is 413 g/mol. The Morgan fingerprint density at radius 3 is 2.83 bits per heavy atom. The van der Waals surface area contributed by atoms with Crippen molar-refractivity contribution < 1.29 is 0 Å². The van der Waals surface area contributed by atoms with Crippen molar-refractivity contribution in [1.82, 2.24) is 20.4 Å². The summed E-state index contributed by atoms with van der Waals surface area (Å²) in [5.74, 6) is 1.54. The Bertz CT molecular complexity index is 612. The minimum absolute atomic E-state index is 0. The number of aryl methyl sites for hydroxylation is 1. The van der Waals surface area contributed by atoms with Crippen LogP contribution in [0.2, 0.25) is 0 Å². The number of nitrogens with one attached hydrogen (secondary N) is 2. The Labute approximate surface area is 161 Å². The molecule has 24 heavy (non-hydrogen) atoms. The summed E-state index contributed by atoms with van der Waals surface area (Å²) in [6.07, 6.45) is 5.97. The van der Waals surface area contributed by atoms with Gasteiger partial charge in [-0.1, -0.05) is 30.3 Å². The van der Waals surface area contributed by atoms with Crippen LogP contribution in [-0.4, -0.2) is 34.9 Å². The third-order valence-corrected chi connectivity index (χ3v) is 4.06. The predicted molar refractivity (Wildman–Crippen MR) is 109 cm³/mol. The van der Waals surface area contributed by atoms with E-state index in [1.807, 2.05) is 23.1 Å². The van der Waals surface area contributed by atoms with Gasteiger partial charge in [0.25, 0.3) is 0 Å². The minimum Gasteiger partial charge on any atom is -0.357 e. The van der Waals surface area contributed by atoms with Crippen molar-refractivity contribution in [3.8, 4) is 0 Å². The molecule has 1 heterocycles. The average Bonchev–Trinajstić information content (AvgIpc) is 3.14. The fourth-order valence-corrected chi connectivity index (χ4v) is 2.78. The number of rotatable bonds is 7. The summed E-state index contributed by atoms with van der Waals surface area (Å²) in [6, 6.07) is 13.2. The van der Waals surface area contributed by atoms with Gasteiger partial charge < -0.3 is 10.6 Å².